The maximum absolute atomic E-state index is 13.7. The van der Waals surface area contributed by atoms with Crippen LogP contribution in [0.1, 0.15) is 113 Å². The molecule has 8 N–H and O–H groups in total. The van der Waals surface area contributed by atoms with Crippen LogP contribution in [0.4, 0.5) is 66.7 Å². The van der Waals surface area contributed by atoms with E-state index in [-0.39, 0.29) is 110 Å². The maximum Gasteiger partial charge on any atom is 0.411 e. The lowest BCUT2D eigenvalue weighted by Gasteiger charge is -2.22. The van der Waals surface area contributed by atoms with Gasteiger partial charge in [-0.3, -0.25) is 59.2 Å². The number of nitrogens with two attached hydrogens (primary N) is 1. The number of hydrogen-bond acceptors (Lipinski definition) is 19. The molecular weight excluding hydrogens is 1570 g/mol. The number of aliphatic carboxylic acids is 1. The first-order valence-corrected chi connectivity index (χ1v) is 39.8. The molecule has 0 saturated carbocycles. The molecule has 0 saturated heterocycles. The molecule has 2 atom stereocenters. The van der Waals surface area contributed by atoms with Crippen molar-refractivity contribution in [3.63, 3.8) is 0 Å². The third kappa shape index (κ3) is 17.6. The number of fused-ring (bicyclic) bond motifs is 14. The predicted octanol–water partition coefficient (Wildman–Crippen LogP) is 16.0. The van der Waals surface area contributed by atoms with Gasteiger partial charge in [-0.15, -0.1) is 0 Å². The summed E-state index contributed by atoms with van der Waals surface area (Å²) in [5.74, 6) is 0.0691. The molecule has 10 aromatic carbocycles. The summed E-state index contributed by atoms with van der Waals surface area (Å²) in [7, 11) is 6.36. The van der Waals surface area contributed by atoms with Crippen molar-refractivity contribution in [1.29, 1.82) is 0 Å². The number of para-hydroxylation sites is 2. The number of rotatable bonds is 23. The van der Waals surface area contributed by atoms with Gasteiger partial charge >= 0.3 is 18.2 Å². The molecule has 0 unspecified atom stereocenters. The molecule has 0 spiro atoms. The van der Waals surface area contributed by atoms with E-state index in [0.29, 0.717) is 87.5 Å². The van der Waals surface area contributed by atoms with Gasteiger partial charge in [0, 0.05) is 123 Å². The van der Waals surface area contributed by atoms with E-state index in [0.717, 1.165) is 62.3 Å². The zero-order chi connectivity index (χ0) is 85.4. The number of imidazole rings is 2. The third-order valence-electron chi connectivity index (χ3n) is 21.8. The number of anilines is 8. The van der Waals surface area contributed by atoms with Crippen LogP contribution in [0.3, 0.4) is 0 Å². The average molecular weight is 1650 g/mol. The Kier molecular flexibility index (Phi) is 23.6. The SMILES string of the molecule is COc1cc2c(cc1OCCCC(=O)Nc1cn(C)c(C(=O)Nc3ccc(NC(=O)OCC4c5ccccc5-c5ccccc54)cc3)n1)N=C[C@@H]1Cc3ccccc3N1C2=O.COc1cc2c(cc1OCCCC(=O)O)N=C[C@@H]1Cc3ccccc3N1C2=O.Cn1cc(N)nc1C(=O)Nc1ccc(NC(=O)OCC2c3ccccc3-c3ccccc32)cc1. The van der Waals surface area contributed by atoms with Crippen LogP contribution in [-0.4, -0.2) is 137 Å². The molecule has 29 heteroatoms. The first-order valence-electron chi connectivity index (χ1n) is 39.8. The number of benzene rings is 10. The van der Waals surface area contributed by atoms with Crippen molar-refractivity contribution in [3.05, 3.63) is 287 Å². The highest BCUT2D eigenvalue weighted by Gasteiger charge is 2.39. The summed E-state index contributed by atoms with van der Waals surface area (Å²) < 4.78 is 36.9. The Hall–Kier alpha value is -15.7. The number of amides is 7. The second kappa shape index (κ2) is 35.9. The number of methoxy groups -OCH3 is 2. The molecule has 12 aromatic rings. The smallest absolute Gasteiger partial charge is 0.411 e. The number of ether oxygens (including phenoxy) is 6. The van der Waals surface area contributed by atoms with Crippen molar-refractivity contribution in [1.82, 2.24) is 19.1 Å². The van der Waals surface area contributed by atoms with Crippen molar-refractivity contribution >= 4 is 117 Å². The number of nitrogens with one attached hydrogen (secondary N) is 5. The largest absolute Gasteiger partial charge is 0.493 e. The Morgan fingerprint density at radius 3 is 1.24 bits per heavy atom. The maximum atomic E-state index is 13.7. The van der Waals surface area contributed by atoms with Crippen molar-refractivity contribution in [2.75, 3.05) is 82.8 Å². The van der Waals surface area contributed by atoms with Crippen LogP contribution in [0.5, 0.6) is 23.0 Å². The standard InChI is InChI=1S/C47H41N7O7.C26H23N5O3.C21H20N2O5/c1-53-26-42(51-43(55)16-9-21-60-41-24-38-36(23-40(41)59-2)46(57)54-31(25-48-38)22-28-10-3-8-15-39(28)54)52-44(53)45(56)49-29-17-19-30(20-18-29)50-47(58)61-27-37-34-13-6-4-11-32(34)33-12-5-7-14-35(33)37;1-31-14-23(27)30-24(31)25(32)28-16-10-12-17(13-11-16)29-26(33)34-15-22-20-8-4-2-6-18(20)19-7-3-5-9-21(19)22;1-27-18-10-15-16(11-19(18)28-8-4-7-20(24)25)22-12-14-9-13-5-2-3-6-17(13)23(14)21(15)26/h3-8,10-15,17-20,23-26,31,37H,9,16,21-22,27H2,1-2H3,(H,49,56)(H,50,58)(H,51,55);2-14,22H,15,27H2,1H3,(H,28,32)(H,29,33);2-3,5-6,10-12,14H,4,7-9H2,1H3,(H,24,25)/t31-;;14-/m0.0/s1. The number of nitrogens with zero attached hydrogens (tertiary/aromatic N) is 8. The molecule has 6 heterocycles. The fourth-order valence-electron chi connectivity index (χ4n) is 16.0. The molecule has 620 valence electrons. The zero-order valence-corrected chi connectivity index (χ0v) is 67.3. The van der Waals surface area contributed by atoms with Crippen LogP contribution >= 0.6 is 0 Å². The quantitative estimate of drug-likeness (QED) is 0.0292. The van der Waals surface area contributed by atoms with E-state index in [9.17, 15) is 38.4 Å². The van der Waals surface area contributed by atoms with Crippen LogP contribution < -0.4 is 61.1 Å². The summed E-state index contributed by atoms with van der Waals surface area (Å²) in [5, 5.41) is 22.5. The molecule has 0 radical (unpaired) electrons. The molecule has 123 heavy (non-hydrogen) atoms. The van der Waals surface area contributed by atoms with E-state index in [4.69, 9.17) is 39.3 Å². The predicted molar refractivity (Wildman–Crippen MR) is 467 cm³/mol. The minimum Gasteiger partial charge on any atom is -0.493 e. The topological polar surface area (TPSA) is 365 Å². The average Bonchev–Trinajstić information content (AvgIpc) is 1.63. The number of aliphatic imine (C=N–C) groups is 2. The number of hydrogen-bond donors (Lipinski definition) is 7. The van der Waals surface area contributed by atoms with Crippen molar-refractivity contribution in [2.24, 2.45) is 24.1 Å². The Labute approximate surface area is 706 Å². The van der Waals surface area contributed by atoms with E-state index in [2.05, 4.69) is 95.1 Å². The van der Waals surface area contributed by atoms with E-state index in [1.54, 1.807) is 126 Å². The van der Waals surface area contributed by atoms with Crippen molar-refractivity contribution in [2.45, 2.75) is 62.4 Å². The number of carbonyl (C=O) groups is 8. The number of aromatic nitrogens is 4. The molecule has 2 aromatic heterocycles. The van der Waals surface area contributed by atoms with Crippen LogP contribution in [0, 0.1) is 0 Å². The highest BCUT2D eigenvalue weighted by atomic mass is 16.6. The minimum absolute atomic E-state index is 0.00380. The Morgan fingerprint density at radius 1 is 0.447 bits per heavy atom. The van der Waals surface area contributed by atoms with Gasteiger partial charge in [0.1, 0.15) is 19.0 Å². The highest BCUT2D eigenvalue weighted by molar-refractivity contribution is 6.16. The molecule has 18 rings (SSSR count). The van der Waals surface area contributed by atoms with Crippen molar-refractivity contribution < 1.29 is 71.9 Å². The summed E-state index contributed by atoms with van der Waals surface area (Å²) in [6, 6.07) is 68.1. The normalized spacial score (nSPS) is 14.3. The van der Waals surface area contributed by atoms with Gasteiger partial charge in [0.05, 0.1) is 62.0 Å². The van der Waals surface area contributed by atoms with E-state index >= 15 is 0 Å². The van der Waals surface area contributed by atoms with E-state index in [1.165, 1.54) is 29.9 Å². The molecule has 2 aliphatic carbocycles. The molecule has 0 bridgehead atoms. The van der Waals surface area contributed by atoms with Crippen molar-refractivity contribution in [3.8, 4) is 45.3 Å². The van der Waals surface area contributed by atoms with E-state index < -0.39 is 24.1 Å². The first-order chi connectivity index (χ1) is 59.8. The lowest BCUT2D eigenvalue weighted by Crippen LogP contribution is -2.37. The van der Waals surface area contributed by atoms with Gasteiger partial charge in [0.2, 0.25) is 17.6 Å². The summed E-state index contributed by atoms with van der Waals surface area (Å²) in [6.07, 6.45) is 7.91. The van der Waals surface area contributed by atoms with Crippen LogP contribution in [0.25, 0.3) is 22.3 Å². The van der Waals surface area contributed by atoms with Gasteiger partial charge in [0.25, 0.3) is 23.6 Å². The van der Waals surface area contributed by atoms with Crippen LogP contribution in [0.15, 0.2) is 241 Å². The second-order valence-electron chi connectivity index (χ2n) is 29.7. The molecule has 4 aliphatic heterocycles. The van der Waals surface area contributed by atoms with Gasteiger partial charge in [0.15, 0.2) is 28.8 Å². The third-order valence-corrected chi connectivity index (χ3v) is 21.8. The summed E-state index contributed by atoms with van der Waals surface area (Å²) in [5.41, 5.74) is 22.8. The van der Waals surface area contributed by atoms with Gasteiger partial charge in [-0.25, -0.2) is 19.6 Å². The molecular formula is C94H84N14O15. The lowest BCUT2D eigenvalue weighted by molar-refractivity contribution is -0.137. The fourth-order valence-corrected chi connectivity index (χ4v) is 16.0. The highest BCUT2D eigenvalue weighted by Crippen LogP contribution is 2.48. The fraction of sp³-hybridized carbons (Fsp3) is 0.191. The summed E-state index contributed by atoms with van der Waals surface area (Å²) in [4.78, 5) is 122. The molecule has 0 fully saturated rings. The monoisotopic (exact) mass is 1650 g/mol. The van der Waals surface area contributed by atoms with Gasteiger partial charge < -0.3 is 64.3 Å². The zero-order valence-electron chi connectivity index (χ0n) is 67.3. The number of carboxylic acids is 1. The summed E-state index contributed by atoms with van der Waals surface area (Å²) in [6.45, 7) is 0.859. The first kappa shape index (κ1) is 81.1. The lowest BCUT2D eigenvalue weighted by atomic mass is 9.98. The Balaban J connectivity index is 0.000000151. The molecule has 7 amide bonds. The van der Waals surface area contributed by atoms with Gasteiger partial charge in [-0.2, -0.15) is 0 Å². The number of nitrogen functional groups attached to an aromatic ring is 1. The second-order valence-corrected chi connectivity index (χ2v) is 29.7. The number of carboxylic acid groups (broad SMARTS) is 1. The molecule has 29 nitrogen and oxygen atoms in total. The van der Waals surface area contributed by atoms with Crippen LogP contribution in [-0.2, 0) is 46.0 Å². The van der Waals surface area contributed by atoms with E-state index in [1.807, 2.05) is 97.1 Å². The minimum atomic E-state index is -0.867. The molecule has 6 aliphatic rings. The van der Waals surface area contributed by atoms with Gasteiger partial charge in [-0.05, 0) is 141 Å². The Morgan fingerprint density at radius 2 is 0.829 bits per heavy atom. The number of aryl methyl sites for hydroxylation is 2. The number of carbonyl (C=O) groups excluding carboxylic acids is 7. The Bertz CT molecular complexity index is 6090. The summed E-state index contributed by atoms with van der Waals surface area (Å²) >= 11 is 0. The van der Waals surface area contributed by atoms with Crippen LogP contribution in [0.2, 0.25) is 0 Å². The van der Waals surface area contributed by atoms with Gasteiger partial charge in [-0.1, -0.05) is 133 Å².